The van der Waals surface area contributed by atoms with Crippen molar-refractivity contribution in [1.29, 1.82) is 0 Å². The zero-order valence-corrected chi connectivity index (χ0v) is 19.0. The molecule has 0 aromatic carbocycles. The molecule has 0 aliphatic carbocycles. The van der Waals surface area contributed by atoms with E-state index in [1.165, 1.54) is 0 Å². The maximum absolute atomic E-state index is 12.7. The van der Waals surface area contributed by atoms with Crippen molar-refractivity contribution in [3.05, 3.63) is 0 Å². The molecule has 4 unspecified atom stereocenters. The van der Waals surface area contributed by atoms with Crippen LogP contribution in [-0.2, 0) is 19.2 Å². The van der Waals surface area contributed by atoms with E-state index < -0.39 is 47.9 Å². The number of nitrogens with two attached hydrogens (primary N) is 1. The molecule has 0 radical (unpaired) electrons. The first-order chi connectivity index (χ1) is 13.3. The normalized spacial score (nSPS) is 15.6. The van der Waals surface area contributed by atoms with E-state index in [2.05, 4.69) is 28.6 Å². The molecule has 3 amide bonds. The topological polar surface area (TPSA) is 151 Å². The van der Waals surface area contributed by atoms with Crippen LogP contribution in [0.5, 0.6) is 0 Å². The molecule has 0 rings (SSSR count). The Kier molecular flexibility index (Phi) is 11.9. The van der Waals surface area contributed by atoms with Crippen LogP contribution in [-0.4, -0.2) is 58.7 Å². The third kappa shape index (κ3) is 9.49. The smallest absolute Gasteiger partial charge is 0.326 e. The molecule has 0 aromatic rings. The fraction of sp³-hybridized carbons (Fsp3) is 0.789. The second-order valence-electron chi connectivity index (χ2n) is 8.27. The molecule has 0 spiro atoms. The van der Waals surface area contributed by atoms with E-state index in [-0.39, 0.29) is 29.9 Å². The summed E-state index contributed by atoms with van der Waals surface area (Å²) in [4.78, 5) is 48.8. The van der Waals surface area contributed by atoms with Crippen molar-refractivity contribution in [2.24, 2.45) is 23.5 Å². The van der Waals surface area contributed by atoms with Gasteiger partial charge in [-0.15, -0.1) is 0 Å². The van der Waals surface area contributed by atoms with Gasteiger partial charge in [0.15, 0.2) is 0 Å². The minimum atomic E-state index is -1.15. The van der Waals surface area contributed by atoms with E-state index in [1.54, 1.807) is 27.7 Å². The molecule has 0 saturated heterocycles. The summed E-state index contributed by atoms with van der Waals surface area (Å²) in [7, 11) is 0. The van der Waals surface area contributed by atoms with Gasteiger partial charge < -0.3 is 26.8 Å². The lowest BCUT2D eigenvalue weighted by molar-refractivity contribution is -0.142. The first kappa shape index (κ1) is 27.2. The maximum Gasteiger partial charge on any atom is 0.326 e. The molecule has 168 valence electrons. The lowest BCUT2D eigenvalue weighted by Gasteiger charge is -2.27. The fourth-order valence-corrected chi connectivity index (χ4v) is 2.77. The van der Waals surface area contributed by atoms with E-state index in [0.29, 0.717) is 0 Å². The number of thiol groups is 1. The van der Waals surface area contributed by atoms with Crippen LogP contribution in [0.3, 0.4) is 0 Å². The van der Waals surface area contributed by atoms with Crippen LogP contribution in [0, 0.1) is 17.8 Å². The van der Waals surface area contributed by atoms with Gasteiger partial charge in [-0.25, -0.2) is 4.79 Å². The minimum absolute atomic E-state index is 0.0319. The van der Waals surface area contributed by atoms with Crippen LogP contribution >= 0.6 is 12.6 Å². The van der Waals surface area contributed by atoms with E-state index >= 15 is 0 Å². The van der Waals surface area contributed by atoms with Crippen LogP contribution in [0.25, 0.3) is 0 Å². The van der Waals surface area contributed by atoms with Crippen molar-refractivity contribution >= 4 is 36.3 Å². The van der Waals surface area contributed by atoms with Gasteiger partial charge in [-0.2, -0.15) is 12.6 Å². The molecule has 0 fully saturated rings. The van der Waals surface area contributed by atoms with Gasteiger partial charge in [0.25, 0.3) is 0 Å². The zero-order chi connectivity index (χ0) is 22.9. The van der Waals surface area contributed by atoms with Crippen LogP contribution in [0.1, 0.15) is 48.0 Å². The Labute approximate surface area is 178 Å². The lowest BCUT2D eigenvalue weighted by atomic mass is 10.00. The number of amides is 3. The Balaban J connectivity index is 5.17. The number of carbonyl (C=O) groups is 4. The SMILES string of the molecule is CC(C)CC(NC(=O)C(CS)NC(=O)C(NC(=O)C(N)C(C)C)C(C)C)C(=O)O. The summed E-state index contributed by atoms with van der Waals surface area (Å²) in [5, 5.41) is 16.9. The van der Waals surface area contributed by atoms with Gasteiger partial charge in [0, 0.05) is 5.75 Å². The van der Waals surface area contributed by atoms with Crippen molar-refractivity contribution in [3.63, 3.8) is 0 Å². The van der Waals surface area contributed by atoms with E-state index in [9.17, 15) is 24.3 Å². The highest BCUT2D eigenvalue weighted by Gasteiger charge is 2.31. The van der Waals surface area contributed by atoms with Crippen LogP contribution in [0.2, 0.25) is 0 Å². The van der Waals surface area contributed by atoms with Gasteiger partial charge in [0.2, 0.25) is 17.7 Å². The van der Waals surface area contributed by atoms with Crippen LogP contribution < -0.4 is 21.7 Å². The van der Waals surface area contributed by atoms with E-state index in [0.717, 1.165) is 0 Å². The third-order valence-electron chi connectivity index (χ3n) is 4.41. The number of carbonyl (C=O) groups excluding carboxylic acids is 3. The van der Waals surface area contributed by atoms with Gasteiger partial charge >= 0.3 is 5.97 Å². The van der Waals surface area contributed by atoms with Crippen LogP contribution in [0.15, 0.2) is 0 Å². The van der Waals surface area contributed by atoms with Crippen LogP contribution in [0.4, 0.5) is 0 Å². The van der Waals surface area contributed by atoms with E-state index in [1.807, 2.05) is 13.8 Å². The molecule has 9 nitrogen and oxygen atoms in total. The summed E-state index contributed by atoms with van der Waals surface area (Å²) < 4.78 is 0. The Hall–Kier alpha value is -1.81. The van der Waals surface area contributed by atoms with Gasteiger partial charge in [0.1, 0.15) is 18.1 Å². The zero-order valence-electron chi connectivity index (χ0n) is 18.1. The van der Waals surface area contributed by atoms with Crippen molar-refractivity contribution in [2.75, 3.05) is 5.75 Å². The van der Waals surface area contributed by atoms with E-state index in [4.69, 9.17) is 5.73 Å². The highest BCUT2D eigenvalue weighted by molar-refractivity contribution is 7.80. The molecule has 4 atom stereocenters. The predicted octanol–water partition coefficient (Wildman–Crippen LogP) is 0.141. The molecule has 29 heavy (non-hydrogen) atoms. The molecule has 10 heteroatoms. The summed E-state index contributed by atoms with van der Waals surface area (Å²) in [5.41, 5.74) is 5.83. The van der Waals surface area contributed by atoms with Crippen molar-refractivity contribution in [1.82, 2.24) is 16.0 Å². The highest BCUT2D eigenvalue weighted by atomic mass is 32.1. The third-order valence-corrected chi connectivity index (χ3v) is 4.77. The Morgan fingerprint density at radius 1 is 0.828 bits per heavy atom. The number of hydrogen-bond acceptors (Lipinski definition) is 6. The lowest BCUT2D eigenvalue weighted by Crippen LogP contribution is -2.59. The minimum Gasteiger partial charge on any atom is -0.480 e. The molecule has 0 aliphatic rings. The fourth-order valence-electron chi connectivity index (χ4n) is 2.51. The number of carboxylic acid groups (broad SMARTS) is 1. The Morgan fingerprint density at radius 2 is 1.34 bits per heavy atom. The standard InChI is InChI=1S/C19H36N4O5S/c1-9(2)7-12(19(27)28)21-16(24)13(8-29)22-18(26)15(11(5)6)23-17(25)14(20)10(3)4/h9-15,29H,7-8,20H2,1-6H3,(H,21,24)(H,22,26)(H,23,25)(H,27,28). The Bertz CT molecular complexity index is 583. The average molecular weight is 433 g/mol. The number of carboxylic acids is 1. The molecule has 0 bridgehead atoms. The highest BCUT2D eigenvalue weighted by Crippen LogP contribution is 2.08. The molecule has 0 aliphatic heterocycles. The second-order valence-corrected chi connectivity index (χ2v) is 8.64. The Morgan fingerprint density at radius 3 is 1.72 bits per heavy atom. The average Bonchev–Trinajstić information content (AvgIpc) is 2.61. The first-order valence-electron chi connectivity index (χ1n) is 9.82. The number of rotatable bonds is 12. The summed E-state index contributed by atoms with van der Waals surface area (Å²) in [6, 6.07) is -3.77. The summed E-state index contributed by atoms with van der Waals surface area (Å²) in [6.45, 7) is 10.8. The summed E-state index contributed by atoms with van der Waals surface area (Å²) in [6.07, 6.45) is 0.256. The van der Waals surface area contributed by atoms with Crippen molar-refractivity contribution in [2.45, 2.75) is 72.1 Å². The number of hydrogen-bond donors (Lipinski definition) is 6. The molecular formula is C19H36N4O5S. The molecule has 0 aromatic heterocycles. The number of nitrogens with one attached hydrogen (secondary N) is 3. The van der Waals surface area contributed by atoms with Gasteiger partial charge in [-0.1, -0.05) is 41.5 Å². The molecule has 0 heterocycles. The van der Waals surface area contributed by atoms with Gasteiger partial charge in [0.05, 0.1) is 6.04 Å². The molecule has 6 N–H and O–H groups in total. The number of aliphatic carboxylic acids is 1. The van der Waals surface area contributed by atoms with Gasteiger partial charge in [-0.3, -0.25) is 14.4 Å². The molecule has 0 saturated carbocycles. The van der Waals surface area contributed by atoms with Crippen molar-refractivity contribution in [3.8, 4) is 0 Å². The predicted molar refractivity (Wildman–Crippen MR) is 114 cm³/mol. The molecular weight excluding hydrogens is 396 g/mol. The monoisotopic (exact) mass is 432 g/mol. The second kappa shape index (κ2) is 12.7. The van der Waals surface area contributed by atoms with Crippen molar-refractivity contribution < 1.29 is 24.3 Å². The van der Waals surface area contributed by atoms with Gasteiger partial charge in [-0.05, 0) is 24.2 Å². The maximum atomic E-state index is 12.7. The summed E-state index contributed by atoms with van der Waals surface area (Å²) >= 11 is 4.09. The quantitative estimate of drug-likeness (QED) is 0.241. The summed E-state index contributed by atoms with van der Waals surface area (Å²) in [5.74, 6) is -3.13. The first-order valence-corrected chi connectivity index (χ1v) is 10.4. The largest absolute Gasteiger partial charge is 0.480 e.